The van der Waals surface area contributed by atoms with Crippen molar-refractivity contribution in [3.8, 4) is 11.5 Å². The molecular formula is C19H17F2NO4. The molecule has 0 radical (unpaired) electrons. The van der Waals surface area contributed by atoms with Gasteiger partial charge in [0.2, 0.25) is 0 Å². The average Bonchev–Trinajstić information content (AvgIpc) is 3.22. The number of ether oxygens (including phenoxy) is 2. The first kappa shape index (κ1) is 16.8. The highest BCUT2D eigenvalue weighted by Gasteiger charge is 2.59. The number of fused-ring (bicyclic) bond motifs is 1. The lowest BCUT2D eigenvalue weighted by Crippen LogP contribution is -2.18. The van der Waals surface area contributed by atoms with Crippen molar-refractivity contribution in [2.45, 2.75) is 31.0 Å². The Morgan fingerprint density at radius 3 is 2.65 bits per heavy atom. The van der Waals surface area contributed by atoms with Crippen molar-refractivity contribution >= 4 is 11.6 Å². The number of aliphatic hydroxyl groups is 1. The van der Waals surface area contributed by atoms with Crippen molar-refractivity contribution < 1.29 is 28.2 Å². The molecule has 4 rings (SSSR count). The van der Waals surface area contributed by atoms with Crippen molar-refractivity contribution in [1.29, 1.82) is 0 Å². The Labute approximate surface area is 148 Å². The Morgan fingerprint density at radius 1 is 1.23 bits per heavy atom. The van der Waals surface area contributed by atoms with Gasteiger partial charge in [-0.2, -0.15) is 0 Å². The van der Waals surface area contributed by atoms with Gasteiger partial charge in [-0.05, 0) is 30.3 Å². The quantitative estimate of drug-likeness (QED) is 0.874. The zero-order valence-corrected chi connectivity index (χ0v) is 13.7. The predicted octanol–water partition coefficient (Wildman–Crippen LogP) is 3.54. The molecule has 0 bridgehead atoms. The minimum absolute atomic E-state index is 0.278. The van der Waals surface area contributed by atoms with Crippen LogP contribution in [-0.4, -0.2) is 29.6 Å². The fraction of sp³-hybridized carbons (Fsp3) is 0.316. The van der Waals surface area contributed by atoms with Gasteiger partial charge in [0.25, 0.3) is 11.8 Å². The Hall–Kier alpha value is -2.67. The minimum atomic E-state index is -2.76. The molecule has 2 aliphatic rings. The van der Waals surface area contributed by atoms with Crippen LogP contribution in [0.3, 0.4) is 0 Å². The standard InChI is InChI=1S/C19H17F2NO4/c20-19(21)10-16(19)26-12-6-4-11(5-7-12)18(24)22-14-3-1-2-13-15(23)8-9-25-17(13)14/h1-7,15-16,23H,8-10H2,(H,22,24). The molecule has 0 aromatic heterocycles. The lowest BCUT2D eigenvalue weighted by Gasteiger charge is -2.24. The van der Waals surface area contributed by atoms with Gasteiger partial charge in [-0.1, -0.05) is 12.1 Å². The Morgan fingerprint density at radius 2 is 1.96 bits per heavy atom. The monoisotopic (exact) mass is 361 g/mol. The van der Waals surface area contributed by atoms with Gasteiger partial charge >= 0.3 is 0 Å². The van der Waals surface area contributed by atoms with E-state index in [1.807, 2.05) is 0 Å². The summed E-state index contributed by atoms with van der Waals surface area (Å²) in [4.78, 5) is 12.4. The number of alkyl halides is 2. The van der Waals surface area contributed by atoms with E-state index in [-0.39, 0.29) is 12.3 Å². The third-order valence-corrected chi connectivity index (χ3v) is 4.45. The summed E-state index contributed by atoms with van der Waals surface area (Å²) in [7, 11) is 0. The van der Waals surface area contributed by atoms with Gasteiger partial charge < -0.3 is 19.9 Å². The number of nitrogens with one attached hydrogen (secondary N) is 1. The second-order valence-corrected chi connectivity index (χ2v) is 6.43. The number of carbonyl (C=O) groups excluding carboxylic acids is 1. The number of rotatable bonds is 4. The van der Waals surface area contributed by atoms with Crippen molar-refractivity contribution in [3.63, 3.8) is 0 Å². The zero-order chi connectivity index (χ0) is 18.3. The van der Waals surface area contributed by atoms with Crippen LogP contribution < -0.4 is 14.8 Å². The molecule has 2 unspecified atom stereocenters. The van der Waals surface area contributed by atoms with E-state index in [1.54, 1.807) is 18.2 Å². The maximum Gasteiger partial charge on any atom is 0.288 e. The molecule has 5 nitrogen and oxygen atoms in total. The van der Waals surface area contributed by atoms with Gasteiger partial charge in [-0.3, -0.25) is 4.79 Å². The highest BCUT2D eigenvalue weighted by Crippen LogP contribution is 2.44. The van der Waals surface area contributed by atoms with Crippen LogP contribution in [0, 0.1) is 0 Å². The van der Waals surface area contributed by atoms with E-state index in [0.29, 0.717) is 41.3 Å². The first-order valence-corrected chi connectivity index (χ1v) is 8.34. The molecule has 0 spiro atoms. The average molecular weight is 361 g/mol. The predicted molar refractivity (Wildman–Crippen MR) is 89.9 cm³/mol. The Bertz CT molecular complexity index is 838. The van der Waals surface area contributed by atoms with Crippen molar-refractivity contribution in [2.75, 3.05) is 11.9 Å². The smallest absolute Gasteiger partial charge is 0.288 e. The molecule has 1 aliphatic carbocycles. The molecule has 1 heterocycles. The molecule has 2 aromatic carbocycles. The van der Waals surface area contributed by atoms with Crippen LogP contribution in [0.5, 0.6) is 11.5 Å². The minimum Gasteiger partial charge on any atom is -0.491 e. The summed E-state index contributed by atoms with van der Waals surface area (Å²) in [6, 6.07) is 11.2. The molecule has 136 valence electrons. The molecule has 1 fully saturated rings. The van der Waals surface area contributed by atoms with Gasteiger partial charge in [0.05, 0.1) is 24.8 Å². The number of hydrogen-bond acceptors (Lipinski definition) is 4. The van der Waals surface area contributed by atoms with Gasteiger partial charge in [0.1, 0.15) is 11.5 Å². The molecule has 2 aromatic rings. The summed E-state index contributed by atoms with van der Waals surface area (Å²) < 4.78 is 36.5. The summed E-state index contributed by atoms with van der Waals surface area (Å²) in [5.74, 6) is -2.36. The number of aliphatic hydroxyl groups excluding tert-OH is 1. The summed E-state index contributed by atoms with van der Waals surface area (Å²) in [6.45, 7) is 0.374. The molecule has 26 heavy (non-hydrogen) atoms. The Balaban J connectivity index is 1.46. The normalized spacial score (nSPS) is 22.7. The SMILES string of the molecule is O=C(Nc1cccc2c1OCCC2O)c1ccc(OC2CC2(F)F)cc1. The molecule has 2 N–H and O–H groups in total. The second-order valence-electron chi connectivity index (χ2n) is 6.43. The van der Waals surface area contributed by atoms with E-state index in [4.69, 9.17) is 9.47 Å². The van der Waals surface area contributed by atoms with Crippen molar-refractivity contribution in [1.82, 2.24) is 0 Å². The first-order chi connectivity index (χ1) is 12.4. The molecule has 1 saturated carbocycles. The van der Waals surface area contributed by atoms with Gasteiger partial charge in [0, 0.05) is 17.5 Å². The lowest BCUT2D eigenvalue weighted by molar-refractivity contribution is 0.0665. The zero-order valence-electron chi connectivity index (χ0n) is 13.7. The maximum atomic E-state index is 12.9. The third kappa shape index (κ3) is 3.22. The number of amides is 1. The van der Waals surface area contributed by atoms with Crippen LogP contribution in [0.2, 0.25) is 0 Å². The molecule has 1 aliphatic heterocycles. The maximum absolute atomic E-state index is 12.9. The van der Waals surface area contributed by atoms with Gasteiger partial charge in [0.15, 0.2) is 6.10 Å². The van der Waals surface area contributed by atoms with Crippen molar-refractivity contribution in [3.05, 3.63) is 53.6 Å². The van der Waals surface area contributed by atoms with E-state index >= 15 is 0 Å². The highest BCUT2D eigenvalue weighted by atomic mass is 19.3. The van der Waals surface area contributed by atoms with Crippen LogP contribution in [0.15, 0.2) is 42.5 Å². The largest absolute Gasteiger partial charge is 0.491 e. The number of carbonyl (C=O) groups is 1. The van der Waals surface area contributed by atoms with Crippen LogP contribution >= 0.6 is 0 Å². The summed E-state index contributed by atoms with van der Waals surface area (Å²) in [6.07, 6.45) is -1.47. The third-order valence-electron chi connectivity index (χ3n) is 4.45. The molecule has 1 amide bonds. The fourth-order valence-electron chi connectivity index (χ4n) is 2.86. The molecule has 2 atom stereocenters. The van der Waals surface area contributed by atoms with E-state index in [9.17, 15) is 18.7 Å². The lowest BCUT2D eigenvalue weighted by atomic mass is 10.0. The number of para-hydroxylation sites is 1. The van der Waals surface area contributed by atoms with Gasteiger partial charge in [-0.25, -0.2) is 8.78 Å². The molecule has 7 heteroatoms. The van der Waals surface area contributed by atoms with E-state index in [0.717, 1.165) is 0 Å². The van der Waals surface area contributed by atoms with Crippen molar-refractivity contribution in [2.24, 2.45) is 0 Å². The van der Waals surface area contributed by atoms with Gasteiger partial charge in [-0.15, -0.1) is 0 Å². The van der Waals surface area contributed by atoms with Crippen LogP contribution in [0.25, 0.3) is 0 Å². The summed E-state index contributed by atoms with van der Waals surface area (Å²) in [5.41, 5.74) is 1.47. The van der Waals surface area contributed by atoms with E-state index < -0.39 is 18.1 Å². The summed E-state index contributed by atoms with van der Waals surface area (Å²) in [5, 5.41) is 12.8. The first-order valence-electron chi connectivity index (χ1n) is 8.34. The topological polar surface area (TPSA) is 67.8 Å². The molecular weight excluding hydrogens is 344 g/mol. The number of halogens is 2. The van der Waals surface area contributed by atoms with Crippen LogP contribution in [0.1, 0.15) is 34.9 Å². The highest BCUT2D eigenvalue weighted by molar-refractivity contribution is 6.05. The van der Waals surface area contributed by atoms with E-state index in [2.05, 4.69) is 5.32 Å². The Kier molecular flexibility index (Phi) is 4.03. The number of benzene rings is 2. The van der Waals surface area contributed by atoms with Crippen LogP contribution in [-0.2, 0) is 0 Å². The second kappa shape index (κ2) is 6.25. The number of hydrogen-bond donors (Lipinski definition) is 2. The van der Waals surface area contributed by atoms with E-state index in [1.165, 1.54) is 24.3 Å². The van der Waals surface area contributed by atoms with Crippen LogP contribution in [0.4, 0.5) is 14.5 Å². The summed E-state index contributed by atoms with van der Waals surface area (Å²) >= 11 is 0. The number of anilines is 1. The fourth-order valence-corrected chi connectivity index (χ4v) is 2.86. The molecule has 0 saturated heterocycles.